The van der Waals surface area contributed by atoms with Gasteiger partial charge in [-0.05, 0) is 32.6 Å². The van der Waals surface area contributed by atoms with Gasteiger partial charge in [0, 0.05) is 25.6 Å². The predicted octanol–water partition coefficient (Wildman–Crippen LogP) is 1.61. The van der Waals surface area contributed by atoms with Crippen molar-refractivity contribution >= 4 is 11.8 Å². The number of nitrogens with zero attached hydrogens (tertiary/aromatic N) is 1. The van der Waals surface area contributed by atoms with Crippen LogP contribution in [0.4, 0.5) is 0 Å². The van der Waals surface area contributed by atoms with Crippen LogP contribution in [0.5, 0.6) is 0 Å². The van der Waals surface area contributed by atoms with Crippen LogP contribution in [-0.2, 0) is 14.3 Å². The molecule has 3 rings (SSSR count). The van der Waals surface area contributed by atoms with E-state index in [1.807, 2.05) is 11.8 Å². The molecule has 1 saturated carbocycles. The van der Waals surface area contributed by atoms with Crippen LogP contribution < -0.4 is 5.32 Å². The highest BCUT2D eigenvalue weighted by atomic mass is 16.5. The van der Waals surface area contributed by atoms with E-state index >= 15 is 0 Å². The highest BCUT2D eigenvalue weighted by Crippen LogP contribution is 2.33. The van der Waals surface area contributed by atoms with Crippen molar-refractivity contribution in [2.24, 2.45) is 0 Å². The molecule has 1 N–H and O–H groups in total. The lowest BCUT2D eigenvalue weighted by molar-refractivity contribution is -0.143. The summed E-state index contributed by atoms with van der Waals surface area (Å²) < 4.78 is 5.70. The Hall–Kier alpha value is -1.10. The topological polar surface area (TPSA) is 58.6 Å². The molecular formula is C16H26N2O3. The van der Waals surface area contributed by atoms with E-state index in [1.165, 1.54) is 0 Å². The molecule has 0 aromatic rings. The van der Waals surface area contributed by atoms with E-state index in [0.29, 0.717) is 13.0 Å². The normalized spacial score (nSPS) is 33.1. The van der Waals surface area contributed by atoms with Gasteiger partial charge in [-0.15, -0.1) is 0 Å². The highest BCUT2D eigenvalue weighted by Gasteiger charge is 2.47. The van der Waals surface area contributed by atoms with E-state index in [2.05, 4.69) is 5.32 Å². The van der Waals surface area contributed by atoms with Crippen LogP contribution in [0.15, 0.2) is 0 Å². The fourth-order valence-electron chi connectivity index (χ4n) is 3.99. The third-order valence-electron chi connectivity index (χ3n) is 5.19. The first-order chi connectivity index (χ1) is 10.1. The average molecular weight is 294 g/mol. The van der Waals surface area contributed by atoms with Crippen LogP contribution in [0, 0.1) is 0 Å². The maximum atomic E-state index is 13.1. The standard InChI is InChI=1S/C16H26N2O3/c1-12-10-14(19)17-16(7-3-2-4-8-16)15(20)18(12)11-13-6-5-9-21-13/h12-13H,2-11H2,1H3,(H,17,19). The Bertz CT molecular complexity index is 412. The second kappa shape index (κ2) is 5.95. The fraction of sp³-hybridized carbons (Fsp3) is 0.875. The minimum absolute atomic E-state index is 0.0209. The molecule has 118 valence electrons. The minimum atomic E-state index is -0.640. The number of rotatable bonds is 2. The number of hydrogen-bond donors (Lipinski definition) is 1. The lowest BCUT2D eigenvalue weighted by Gasteiger charge is -2.39. The van der Waals surface area contributed by atoms with Crippen molar-refractivity contribution in [3.63, 3.8) is 0 Å². The molecule has 2 heterocycles. The van der Waals surface area contributed by atoms with Gasteiger partial charge in [0.15, 0.2) is 0 Å². The molecule has 2 atom stereocenters. The third-order valence-corrected chi connectivity index (χ3v) is 5.19. The first-order valence-electron chi connectivity index (χ1n) is 8.34. The van der Waals surface area contributed by atoms with Gasteiger partial charge in [-0.3, -0.25) is 9.59 Å². The Morgan fingerprint density at radius 3 is 2.67 bits per heavy atom. The second-order valence-electron chi connectivity index (χ2n) is 6.84. The van der Waals surface area contributed by atoms with E-state index in [1.54, 1.807) is 0 Å². The summed E-state index contributed by atoms with van der Waals surface area (Å²) in [6.45, 7) is 3.41. The zero-order valence-electron chi connectivity index (χ0n) is 12.9. The van der Waals surface area contributed by atoms with Gasteiger partial charge in [0.2, 0.25) is 11.8 Å². The van der Waals surface area contributed by atoms with Gasteiger partial charge < -0.3 is 15.0 Å². The first-order valence-corrected chi connectivity index (χ1v) is 8.34. The summed E-state index contributed by atoms with van der Waals surface area (Å²) >= 11 is 0. The van der Waals surface area contributed by atoms with Crippen LogP contribution in [0.25, 0.3) is 0 Å². The number of hydrogen-bond acceptors (Lipinski definition) is 3. The smallest absolute Gasteiger partial charge is 0.248 e. The number of nitrogens with one attached hydrogen (secondary N) is 1. The molecule has 2 aliphatic heterocycles. The van der Waals surface area contributed by atoms with Crippen molar-refractivity contribution in [2.75, 3.05) is 13.2 Å². The van der Waals surface area contributed by atoms with E-state index in [4.69, 9.17) is 4.74 Å². The summed E-state index contributed by atoms with van der Waals surface area (Å²) in [6.07, 6.45) is 7.41. The van der Waals surface area contributed by atoms with Crippen molar-refractivity contribution in [2.45, 2.75) is 76.0 Å². The van der Waals surface area contributed by atoms with E-state index < -0.39 is 5.54 Å². The Labute approximate surface area is 126 Å². The van der Waals surface area contributed by atoms with Crippen molar-refractivity contribution < 1.29 is 14.3 Å². The SMILES string of the molecule is CC1CC(=O)NC2(CCCCC2)C(=O)N1CC1CCCO1. The van der Waals surface area contributed by atoms with Crippen molar-refractivity contribution in [3.8, 4) is 0 Å². The second-order valence-corrected chi connectivity index (χ2v) is 6.84. The Morgan fingerprint density at radius 1 is 1.24 bits per heavy atom. The van der Waals surface area contributed by atoms with Crippen molar-refractivity contribution in [1.82, 2.24) is 10.2 Å². The van der Waals surface area contributed by atoms with Crippen LogP contribution in [-0.4, -0.2) is 47.6 Å². The number of carbonyl (C=O) groups is 2. The predicted molar refractivity (Wildman–Crippen MR) is 78.7 cm³/mol. The number of amides is 2. The zero-order valence-corrected chi connectivity index (χ0v) is 12.9. The Balaban J connectivity index is 1.81. The molecule has 0 aromatic carbocycles. The highest BCUT2D eigenvalue weighted by molar-refractivity contribution is 5.94. The summed E-state index contributed by atoms with van der Waals surface area (Å²) in [5, 5.41) is 3.06. The molecule has 0 aromatic heterocycles. The molecule has 21 heavy (non-hydrogen) atoms. The van der Waals surface area contributed by atoms with Gasteiger partial charge in [-0.2, -0.15) is 0 Å². The molecule has 3 aliphatic rings. The summed E-state index contributed by atoms with van der Waals surface area (Å²) in [7, 11) is 0. The molecule has 0 bridgehead atoms. The largest absolute Gasteiger partial charge is 0.376 e. The molecule has 1 aliphatic carbocycles. The molecule has 5 nitrogen and oxygen atoms in total. The van der Waals surface area contributed by atoms with Gasteiger partial charge in [0.25, 0.3) is 0 Å². The first kappa shape index (κ1) is 14.8. The average Bonchev–Trinajstić information content (AvgIpc) is 2.95. The fourth-order valence-corrected chi connectivity index (χ4v) is 3.99. The molecule has 5 heteroatoms. The molecule has 3 fully saturated rings. The number of carbonyl (C=O) groups excluding carboxylic acids is 2. The molecular weight excluding hydrogens is 268 g/mol. The van der Waals surface area contributed by atoms with Gasteiger partial charge in [-0.1, -0.05) is 19.3 Å². The molecule has 2 saturated heterocycles. The van der Waals surface area contributed by atoms with Gasteiger partial charge in [0.05, 0.1) is 6.10 Å². The lowest BCUT2D eigenvalue weighted by Crippen LogP contribution is -2.59. The molecule has 2 amide bonds. The Morgan fingerprint density at radius 2 is 2.00 bits per heavy atom. The van der Waals surface area contributed by atoms with Crippen molar-refractivity contribution in [1.29, 1.82) is 0 Å². The van der Waals surface area contributed by atoms with E-state index in [-0.39, 0.29) is 24.0 Å². The Kier molecular flexibility index (Phi) is 4.20. The maximum absolute atomic E-state index is 13.1. The summed E-state index contributed by atoms with van der Waals surface area (Å²) in [5.41, 5.74) is -0.640. The maximum Gasteiger partial charge on any atom is 0.248 e. The van der Waals surface area contributed by atoms with Crippen molar-refractivity contribution in [3.05, 3.63) is 0 Å². The molecule has 2 unspecified atom stereocenters. The monoisotopic (exact) mass is 294 g/mol. The minimum Gasteiger partial charge on any atom is -0.376 e. The summed E-state index contributed by atoms with van der Waals surface area (Å²) in [5.74, 6) is 0.142. The van der Waals surface area contributed by atoms with E-state index in [9.17, 15) is 9.59 Å². The van der Waals surface area contributed by atoms with Gasteiger partial charge >= 0.3 is 0 Å². The van der Waals surface area contributed by atoms with Crippen LogP contribution in [0.1, 0.15) is 58.3 Å². The quantitative estimate of drug-likeness (QED) is 0.841. The third kappa shape index (κ3) is 2.93. The van der Waals surface area contributed by atoms with Crippen LogP contribution >= 0.6 is 0 Å². The summed E-state index contributed by atoms with van der Waals surface area (Å²) in [4.78, 5) is 27.2. The number of ether oxygens (including phenoxy) is 1. The molecule has 0 radical (unpaired) electrons. The zero-order chi connectivity index (χ0) is 14.9. The van der Waals surface area contributed by atoms with E-state index in [0.717, 1.165) is 51.6 Å². The summed E-state index contributed by atoms with van der Waals surface area (Å²) in [6, 6.07) is -0.0389. The van der Waals surface area contributed by atoms with Gasteiger partial charge in [-0.25, -0.2) is 0 Å². The lowest BCUT2D eigenvalue weighted by atomic mass is 9.80. The van der Waals surface area contributed by atoms with Crippen LogP contribution in [0.3, 0.4) is 0 Å². The van der Waals surface area contributed by atoms with Crippen LogP contribution in [0.2, 0.25) is 0 Å². The molecule has 1 spiro atoms. The van der Waals surface area contributed by atoms with Gasteiger partial charge in [0.1, 0.15) is 5.54 Å².